The van der Waals surface area contributed by atoms with Crippen molar-refractivity contribution in [1.29, 1.82) is 0 Å². The number of carbonyl (C=O) groups excluding carboxylic acids is 1. The summed E-state index contributed by atoms with van der Waals surface area (Å²) in [4.78, 5) is 35.0. The lowest BCUT2D eigenvalue weighted by Crippen LogP contribution is -2.40. The van der Waals surface area contributed by atoms with E-state index < -0.39 is 0 Å². The lowest BCUT2D eigenvalue weighted by molar-refractivity contribution is 0.0705. The van der Waals surface area contributed by atoms with Crippen LogP contribution in [0.15, 0.2) is 53.6 Å². The normalized spacial score (nSPS) is 16.5. The molecule has 0 spiro atoms. The number of hydrogen-bond acceptors (Lipinski definition) is 5. The van der Waals surface area contributed by atoms with Gasteiger partial charge >= 0.3 is 0 Å². The highest BCUT2D eigenvalue weighted by Crippen LogP contribution is 2.33. The van der Waals surface area contributed by atoms with Crippen molar-refractivity contribution in [3.8, 4) is 11.1 Å². The molecule has 8 heteroatoms. The van der Waals surface area contributed by atoms with Gasteiger partial charge in [-0.2, -0.15) is 0 Å². The van der Waals surface area contributed by atoms with Crippen molar-refractivity contribution in [2.75, 3.05) is 18.8 Å². The van der Waals surface area contributed by atoms with Gasteiger partial charge in [-0.25, -0.2) is 14.4 Å². The lowest BCUT2D eigenvalue weighted by atomic mass is 9.89. The van der Waals surface area contributed by atoms with Gasteiger partial charge in [-0.15, -0.1) is 0 Å². The fourth-order valence-corrected chi connectivity index (χ4v) is 3.86. The van der Waals surface area contributed by atoms with Gasteiger partial charge in [-0.3, -0.25) is 9.59 Å². The number of anilines is 1. The van der Waals surface area contributed by atoms with Crippen molar-refractivity contribution in [1.82, 2.24) is 19.4 Å². The van der Waals surface area contributed by atoms with Crippen LogP contribution in [0.3, 0.4) is 0 Å². The predicted octanol–water partition coefficient (Wildman–Crippen LogP) is 2.58. The van der Waals surface area contributed by atoms with Crippen LogP contribution in [0, 0.1) is 5.82 Å². The number of benzene rings is 1. The third-order valence-electron chi connectivity index (χ3n) is 5.42. The van der Waals surface area contributed by atoms with Gasteiger partial charge in [0.05, 0.1) is 11.3 Å². The number of nitrogens with zero attached hydrogens (tertiary/aromatic N) is 4. The topological polar surface area (TPSA) is 94.1 Å². The van der Waals surface area contributed by atoms with E-state index in [2.05, 4.69) is 9.97 Å². The molecule has 0 radical (unpaired) electrons. The second-order valence-corrected chi connectivity index (χ2v) is 7.49. The van der Waals surface area contributed by atoms with E-state index in [1.54, 1.807) is 42.5 Å². The van der Waals surface area contributed by atoms with Crippen LogP contribution in [0.4, 0.5) is 10.3 Å². The van der Waals surface area contributed by atoms with Crippen molar-refractivity contribution in [3.05, 3.63) is 76.2 Å². The molecule has 3 heterocycles. The summed E-state index contributed by atoms with van der Waals surface area (Å²) in [7, 11) is 1.62. The molecule has 1 saturated heterocycles. The van der Waals surface area contributed by atoms with E-state index in [1.165, 1.54) is 22.8 Å². The molecule has 1 atom stereocenters. The quantitative estimate of drug-likeness (QED) is 0.720. The van der Waals surface area contributed by atoms with Gasteiger partial charge in [-0.1, -0.05) is 12.1 Å². The first-order valence-electron chi connectivity index (χ1n) is 9.76. The highest BCUT2D eigenvalue weighted by molar-refractivity contribution is 5.94. The summed E-state index contributed by atoms with van der Waals surface area (Å²) in [5, 5.41) is 0. The number of pyridine rings is 1. The maximum Gasteiger partial charge on any atom is 0.255 e. The number of likely N-dealkylation sites (tertiary alicyclic amines) is 1. The number of amides is 1. The summed E-state index contributed by atoms with van der Waals surface area (Å²) in [6.07, 6.45) is 4.87. The number of piperidine rings is 1. The van der Waals surface area contributed by atoms with Gasteiger partial charge < -0.3 is 15.2 Å². The smallest absolute Gasteiger partial charge is 0.255 e. The molecule has 1 fully saturated rings. The summed E-state index contributed by atoms with van der Waals surface area (Å²) < 4.78 is 14.8. The van der Waals surface area contributed by atoms with Gasteiger partial charge in [0.25, 0.3) is 5.91 Å². The van der Waals surface area contributed by atoms with E-state index in [9.17, 15) is 14.0 Å². The SMILES string of the molecule is Cn1cc(C(=O)N2CCC[C@@H](c3nc(N)ncc3-c3ccc(F)cc3)C2)ccc1=O. The van der Waals surface area contributed by atoms with E-state index in [4.69, 9.17) is 5.73 Å². The number of nitrogen functional groups attached to an aromatic ring is 1. The first kappa shape index (κ1) is 19.8. The molecule has 30 heavy (non-hydrogen) atoms. The molecule has 7 nitrogen and oxygen atoms in total. The van der Waals surface area contributed by atoms with Crippen molar-refractivity contribution in [3.63, 3.8) is 0 Å². The van der Waals surface area contributed by atoms with Gasteiger partial charge in [0.1, 0.15) is 5.82 Å². The van der Waals surface area contributed by atoms with Crippen LogP contribution in [0.2, 0.25) is 0 Å². The van der Waals surface area contributed by atoms with Crippen LogP contribution in [0.1, 0.15) is 34.8 Å². The Morgan fingerprint density at radius 3 is 2.70 bits per heavy atom. The Morgan fingerprint density at radius 2 is 1.97 bits per heavy atom. The Balaban J connectivity index is 1.64. The van der Waals surface area contributed by atoms with Crippen molar-refractivity contribution in [2.45, 2.75) is 18.8 Å². The molecule has 0 unspecified atom stereocenters. The largest absolute Gasteiger partial charge is 0.368 e. The minimum Gasteiger partial charge on any atom is -0.368 e. The number of nitrogens with two attached hydrogens (primary N) is 1. The summed E-state index contributed by atoms with van der Waals surface area (Å²) in [5.74, 6) is -0.304. The number of rotatable bonds is 3. The second kappa shape index (κ2) is 8.06. The third kappa shape index (κ3) is 3.94. The highest BCUT2D eigenvalue weighted by atomic mass is 19.1. The first-order valence-corrected chi connectivity index (χ1v) is 9.76. The maximum atomic E-state index is 13.4. The van der Waals surface area contributed by atoms with E-state index in [0.29, 0.717) is 18.7 Å². The molecule has 2 aromatic heterocycles. The van der Waals surface area contributed by atoms with Crippen molar-refractivity contribution >= 4 is 11.9 Å². The van der Waals surface area contributed by atoms with E-state index >= 15 is 0 Å². The fourth-order valence-electron chi connectivity index (χ4n) is 3.86. The third-order valence-corrected chi connectivity index (χ3v) is 5.42. The first-order chi connectivity index (χ1) is 14.4. The number of aryl methyl sites for hydroxylation is 1. The van der Waals surface area contributed by atoms with Crippen LogP contribution in [-0.2, 0) is 7.05 Å². The molecule has 4 rings (SSSR count). The van der Waals surface area contributed by atoms with E-state index in [0.717, 1.165) is 29.7 Å². The standard InChI is InChI=1S/C22H22FN5O2/c1-27-12-16(6-9-19(27)29)21(30)28-10-2-3-15(13-28)20-18(11-25-22(24)26-20)14-4-7-17(23)8-5-14/h4-9,11-12,15H,2-3,10,13H2,1H3,(H2,24,25,26)/t15-/m1/s1. The summed E-state index contributed by atoms with van der Waals surface area (Å²) in [5.41, 5.74) is 8.50. The molecule has 3 aromatic rings. The Morgan fingerprint density at radius 1 is 1.20 bits per heavy atom. The van der Waals surface area contributed by atoms with E-state index in [-0.39, 0.29) is 29.1 Å². The summed E-state index contributed by atoms with van der Waals surface area (Å²) in [6.45, 7) is 1.11. The number of halogens is 1. The summed E-state index contributed by atoms with van der Waals surface area (Å²) in [6, 6.07) is 9.11. The molecule has 1 amide bonds. The average Bonchev–Trinajstić information content (AvgIpc) is 2.76. The minimum absolute atomic E-state index is 0.0272. The lowest BCUT2D eigenvalue weighted by Gasteiger charge is -2.33. The zero-order chi connectivity index (χ0) is 21.3. The highest BCUT2D eigenvalue weighted by Gasteiger charge is 2.28. The fraction of sp³-hybridized carbons (Fsp3) is 0.273. The molecule has 2 N–H and O–H groups in total. The minimum atomic E-state index is -0.316. The molecular weight excluding hydrogens is 385 g/mol. The number of carbonyl (C=O) groups is 1. The molecule has 1 aromatic carbocycles. The Kier molecular flexibility index (Phi) is 5.31. The number of hydrogen-bond donors (Lipinski definition) is 1. The van der Waals surface area contributed by atoms with Gasteiger partial charge in [0.15, 0.2) is 0 Å². The monoisotopic (exact) mass is 407 g/mol. The van der Waals surface area contributed by atoms with Gasteiger partial charge in [0, 0.05) is 50.1 Å². The van der Waals surface area contributed by atoms with Crippen LogP contribution in [0.25, 0.3) is 11.1 Å². The van der Waals surface area contributed by atoms with Gasteiger partial charge in [0.2, 0.25) is 11.5 Å². The molecule has 0 bridgehead atoms. The average molecular weight is 407 g/mol. The van der Waals surface area contributed by atoms with Crippen LogP contribution in [-0.4, -0.2) is 38.4 Å². The second-order valence-electron chi connectivity index (χ2n) is 7.49. The number of aromatic nitrogens is 3. The molecule has 1 aliphatic heterocycles. The van der Waals surface area contributed by atoms with Crippen molar-refractivity contribution < 1.29 is 9.18 Å². The predicted molar refractivity (Wildman–Crippen MR) is 111 cm³/mol. The molecule has 154 valence electrons. The zero-order valence-corrected chi connectivity index (χ0v) is 16.6. The summed E-state index contributed by atoms with van der Waals surface area (Å²) >= 11 is 0. The molecule has 0 aliphatic carbocycles. The molecular formula is C22H22FN5O2. The maximum absolute atomic E-state index is 13.4. The Hall–Kier alpha value is -3.55. The molecule has 1 aliphatic rings. The van der Waals surface area contributed by atoms with Crippen LogP contribution < -0.4 is 11.3 Å². The Labute approximate surface area is 173 Å². The van der Waals surface area contributed by atoms with E-state index in [1.807, 2.05) is 0 Å². The Bertz CT molecular complexity index is 1140. The molecule has 0 saturated carbocycles. The van der Waals surface area contributed by atoms with Crippen LogP contribution >= 0.6 is 0 Å². The van der Waals surface area contributed by atoms with Crippen LogP contribution in [0.5, 0.6) is 0 Å². The van der Waals surface area contributed by atoms with Crippen molar-refractivity contribution in [2.24, 2.45) is 7.05 Å². The van der Waals surface area contributed by atoms with Gasteiger partial charge in [-0.05, 0) is 36.6 Å². The zero-order valence-electron chi connectivity index (χ0n) is 16.6.